The lowest BCUT2D eigenvalue weighted by Gasteiger charge is -2.40. The smallest absolute Gasteiger partial charge is 0.168 e. The van der Waals surface area contributed by atoms with E-state index in [0.29, 0.717) is 23.8 Å². The lowest BCUT2D eigenvalue weighted by atomic mass is 9.72. The van der Waals surface area contributed by atoms with Crippen molar-refractivity contribution in [3.05, 3.63) is 23.7 Å². The highest BCUT2D eigenvalue weighted by Crippen LogP contribution is 2.44. The van der Waals surface area contributed by atoms with Crippen LogP contribution in [-0.2, 0) is 13.5 Å². The molecule has 3 unspecified atom stereocenters. The van der Waals surface area contributed by atoms with Crippen LogP contribution in [0.2, 0.25) is 0 Å². The average Bonchev–Trinajstić information content (AvgIpc) is 2.95. The monoisotopic (exact) mass is 310 g/mol. The molecule has 2 aliphatic heterocycles. The molecule has 2 fully saturated rings. The first-order chi connectivity index (χ1) is 11.1. The minimum absolute atomic E-state index is 0.0987. The molecule has 3 aliphatic rings. The molecule has 4 heterocycles. The Morgan fingerprint density at radius 2 is 1.87 bits per heavy atom. The molecule has 120 valence electrons. The molecule has 0 amide bonds. The second-order valence-electron chi connectivity index (χ2n) is 7.61. The van der Waals surface area contributed by atoms with Crippen LogP contribution in [0.1, 0.15) is 41.7 Å². The fraction of sp³-hybridized carbons (Fsp3) is 0.611. The molecule has 0 radical (unpaired) electrons. The first-order valence-corrected chi connectivity index (χ1v) is 8.69. The van der Waals surface area contributed by atoms with E-state index >= 15 is 0 Å². The topological polar surface area (TPSA) is 51.0 Å². The SMILES string of the molecule is CN1C2CCC1CC(C1Cc3nn(C)c4cncc(c34)C1=O)C2. The molecule has 2 aromatic rings. The summed E-state index contributed by atoms with van der Waals surface area (Å²) >= 11 is 0. The van der Waals surface area contributed by atoms with Gasteiger partial charge in [0.2, 0.25) is 0 Å². The molecule has 0 saturated carbocycles. The Morgan fingerprint density at radius 1 is 1.13 bits per heavy atom. The van der Waals surface area contributed by atoms with Crippen LogP contribution in [0.3, 0.4) is 0 Å². The molecule has 23 heavy (non-hydrogen) atoms. The highest BCUT2D eigenvalue weighted by Gasteiger charge is 2.44. The van der Waals surface area contributed by atoms with Gasteiger partial charge in [-0.3, -0.25) is 14.5 Å². The van der Waals surface area contributed by atoms with Crippen molar-refractivity contribution in [2.24, 2.45) is 18.9 Å². The lowest BCUT2D eigenvalue weighted by molar-refractivity contribution is 0.0703. The van der Waals surface area contributed by atoms with Gasteiger partial charge >= 0.3 is 0 Å². The van der Waals surface area contributed by atoms with Gasteiger partial charge in [0.15, 0.2) is 5.78 Å². The molecule has 5 nitrogen and oxygen atoms in total. The number of piperidine rings is 1. The van der Waals surface area contributed by atoms with Crippen LogP contribution in [0.15, 0.2) is 12.4 Å². The van der Waals surface area contributed by atoms with Crippen molar-refractivity contribution in [3.8, 4) is 0 Å². The number of nitrogens with zero attached hydrogens (tertiary/aromatic N) is 4. The van der Waals surface area contributed by atoms with Crippen molar-refractivity contribution in [2.45, 2.75) is 44.2 Å². The predicted octanol–water partition coefficient (Wildman–Crippen LogP) is 2.20. The van der Waals surface area contributed by atoms with Crippen LogP contribution in [0.25, 0.3) is 10.9 Å². The summed E-state index contributed by atoms with van der Waals surface area (Å²) in [6, 6.07) is 1.34. The van der Waals surface area contributed by atoms with Crippen molar-refractivity contribution < 1.29 is 4.79 Å². The normalized spacial score (nSPS) is 33.6. The Hall–Kier alpha value is -1.75. The van der Waals surface area contributed by atoms with Crippen LogP contribution < -0.4 is 0 Å². The van der Waals surface area contributed by atoms with Crippen LogP contribution in [-0.4, -0.2) is 44.6 Å². The summed E-state index contributed by atoms with van der Waals surface area (Å²) in [5, 5.41) is 5.72. The largest absolute Gasteiger partial charge is 0.300 e. The van der Waals surface area contributed by atoms with E-state index in [1.807, 2.05) is 17.9 Å². The van der Waals surface area contributed by atoms with Gasteiger partial charge in [-0.05, 0) is 38.6 Å². The summed E-state index contributed by atoms with van der Waals surface area (Å²) in [5.74, 6) is 0.903. The zero-order valence-electron chi connectivity index (χ0n) is 13.7. The third-order valence-electron chi connectivity index (χ3n) is 6.55. The van der Waals surface area contributed by atoms with Crippen molar-refractivity contribution in [2.75, 3.05) is 7.05 Å². The Balaban J connectivity index is 1.54. The van der Waals surface area contributed by atoms with Gasteiger partial charge in [0.25, 0.3) is 0 Å². The Bertz CT molecular complexity index is 797. The maximum Gasteiger partial charge on any atom is 0.168 e. The highest BCUT2D eigenvalue weighted by atomic mass is 16.1. The van der Waals surface area contributed by atoms with E-state index in [9.17, 15) is 4.79 Å². The van der Waals surface area contributed by atoms with Gasteiger partial charge < -0.3 is 4.90 Å². The Labute approximate surface area is 135 Å². The predicted molar refractivity (Wildman–Crippen MR) is 87.3 cm³/mol. The molecule has 2 aromatic heterocycles. The minimum Gasteiger partial charge on any atom is -0.300 e. The van der Waals surface area contributed by atoms with E-state index in [0.717, 1.165) is 41.4 Å². The summed E-state index contributed by atoms with van der Waals surface area (Å²) in [7, 11) is 4.20. The molecular formula is C18H22N4O. The van der Waals surface area contributed by atoms with E-state index < -0.39 is 0 Å². The second kappa shape index (κ2) is 4.63. The first-order valence-electron chi connectivity index (χ1n) is 8.69. The number of aromatic nitrogens is 3. The Kier molecular flexibility index (Phi) is 2.75. The zero-order chi connectivity index (χ0) is 15.7. The van der Waals surface area contributed by atoms with Gasteiger partial charge in [0, 0.05) is 48.6 Å². The van der Waals surface area contributed by atoms with Crippen LogP contribution in [0.5, 0.6) is 0 Å². The second-order valence-corrected chi connectivity index (χ2v) is 7.61. The third kappa shape index (κ3) is 1.80. The number of Topliss-reactive ketones (excluding diaryl/α,β-unsaturated/α-hetero) is 1. The van der Waals surface area contributed by atoms with Crippen LogP contribution in [0, 0.1) is 11.8 Å². The molecule has 5 heteroatoms. The summed E-state index contributed by atoms with van der Waals surface area (Å²) in [4.78, 5) is 20.0. The van der Waals surface area contributed by atoms with E-state index in [2.05, 4.69) is 22.0 Å². The van der Waals surface area contributed by atoms with Gasteiger partial charge in [-0.1, -0.05) is 0 Å². The quantitative estimate of drug-likeness (QED) is 0.810. The molecule has 2 bridgehead atoms. The highest BCUT2D eigenvalue weighted by molar-refractivity contribution is 6.11. The molecule has 0 N–H and O–H groups in total. The molecule has 5 rings (SSSR count). The molecule has 1 aliphatic carbocycles. The number of pyridine rings is 1. The molecule has 2 saturated heterocycles. The summed E-state index contributed by atoms with van der Waals surface area (Å²) in [5.41, 5.74) is 2.87. The number of carbonyl (C=O) groups is 1. The zero-order valence-corrected chi connectivity index (χ0v) is 13.7. The molecule has 3 atom stereocenters. The van der Waals surface area contributed by atoms with Gasteiger partial charge in [-0.25, -0.2) is 0 Å². The van der Waals surface area contributed by atoms with E-state index in [-0.39, 0.29) is 5.92 Å². The lowest BCUT2D eigenvalue weighted by Crippen LogP contribution is -2.44. The number of fused-ring (bicyclic) bond motifs is 2. The van der Waals surface area contributed by atoms with E-state index in [1.165, 1.54) is 12.8 Å². The number of ketones is 1. The van der Waals surface area contributed by atoms with Crippen molar-refractivity contribution in [1.82, 2.24) is 19.7 Å². The number of aryl methyl sites for hydroxylation is 1. The number of rotatable bonds is 1. The summed E-state index contributed by atoms with van der Waals surface area (Å²) in [6.07, 6.45) is 9.30. The number of carbonyl (C=O) groups excluding carboxylic acids is 1. The average molecular weight is 310 g/mol. The van der Waals surface area contributed by atoms with Crippen molar-refractivity contribution in [3.63, 3.8) is 0 Å². The van der Waals surface area contributed by atoms with Crippen molar-refractivity contribution >= 4 is 16.7 Å². The fourth-order valence-electron chi connectivity index (χ4n) is 5.28. The van der Waals surface area contributed by atoms with Crippen LogP contribution in [0.4, 0.5) is 0 Å². The van der Waals surface area contributed by atoms with Gasteiger partial charge in [0.05, 0.1) is 17.4 Å². The maximum atomic E-state index is 13.1. The fourth-order valence-corrected chi connectivity index (χ4v) is 5.28. The molecule has 0 spiro atoms. The van der Waals surface area contributed by atoms with Gasteiger partial charge in [-0.2, -0.15) is 5.10 Å². The first kappa shape index (κ1) is 13.7. The van der Waals surface area contributed by atoms with Gasteiger partial charge in [0.1, 0.15) is 0 Å². The maximum absolute atomic E-state index is 13.1. The number of hydrogen-bond acceptors (Lipinski definition) is 4. The third-order valence-corrected chi connectivity index (χ3v) is 6.55. The van der Waals surface area contributed by atoms with Crippen molar-refractivity contribution in [1.29, 1.82) is 0 Å². The standard InChI is InChI=1S/C18H22N4O/c1-21-11-3-4-12(21)6-10(5-11)13-7-15-17-14(18(13)23)8-19-9-16(17)22(2)20-15/h8-13H,3-7H2,1-2H3. The van der Waals surface area contributed by atoms with E-state index in [1.54, 1.807) is 6.20 Å². The van der Waals surface area contributed by atoms with Crippen LogP contribution >= 0.6 is 0 Å². The molecule has 0 aromatic carbocycles. The summed E-state index contributed by atoms with van der Waals surface area (Å²) < 4.78 is 1.87. The Morgan fingerprint density at radius 3 is 2.61 bits per heavy atom. The summed E-state index contributed by atoms with van der Waals surface area (Å²) in [6.45, 7) is 0. The number of hydrogen-bond donors (Lipinski definition) is 0. The van der Waals surface area contributed by atoms with E-state index in [4.69, 9.17) is 0 Å². The minimum atomic E-state index is 0.0987. The van der Waals surface area contributed by atoms with Gasteiger partial charge in [-0.15, -0.1) is 0 Å². The molecular weight excluding hydrogens is 288 g/mol.